The molecule has 7 heteroatoms. The van der Waals surface area contributed by atoms with Gasteiger partial charge >= 0.3 is 0 Å². The van der Waals surface area contributed by atoms with E-state index in [2.05, 4.69) is 27.3 Å². The first-order chi connectivity index (χ1) is 15.1. The van der Waals surface area contributed by atoms with Crippen LogP contribution in [0.15, 0.2) is 70.2 Å². The van der Waals surface area contributed by atoms with Gasteiger partial charge in [-0.2, -0.15) is 4.98 Å². The van der Waals surface area contributed by atoms with Crippen molar-refractivity contribution in [3.8, 4) is 22.2 Å². The van der Waals surface area contributed by atoms with Crippen LogP contribution in [0.4, 0.5) is 0 Å². The zero-order chi connectivity index (χ0) is 21.4. The molecule has 0 aliphatic carbocycles. The summed E-state index contributed by atoms with van der Waals surface area (Å²) in [4.78, 5) is 23.7. The van der Waals surface area contributed by atoms with Gasteiger partial charge in [0, 0.05) is 12.1 Å². The molecule has 0 atom stereocenters. The highest BCUT2D eigenvalue weighted by Gasteiger charge is 2.20. The van der Waals surface area contributed by atoms with Crippen LogP contribution in [0.3, 0.4) is 0 Å². The van der Waals surface area contributed by atoms with Gasteiger partial charge in [-0.1, -0.05) is 59.3 Å². The molecule has 3 heterocycles. The summed E-state index contributed by atoms with van der Waals surface area (Å²) in [6.07, 6.45) is 2.40. The molecule has 0 saturated carbocycles. The molecule has 0 spiro atoms. The number of fused-ring (bicyclic) bond motifs is 1. The number of benzene rings is 2. The van der Waals surface area contributed by atoms with Crippen LogP contribution in [0, 0.1) is 13.8 Å². The van der Waals surface area contributed by atoms with Crippen molar-refractivity contribution in [1.82, 2.24) is 19.7 Å². The van der Waals surface area contributed by atoms with E-state index >= 15 is 0 Å². The fourth-order valence-corrected chi connectivity index (χ4v) is 4.69. The lowest BCUT2D eigenvalue weighted by Gasteiger charge is -2.05. The van der Waals surface area contributed by atoms with E-state index in [1.807, 2.05) is 56.3 Å². The van der Waals surface area contributed by atoms with Gasteiger partial charge in [-0.15, -0.1) is 11.3 Å². The third kappa shape index (κ3) is 3.68. The molecule has 0 unspecified atom stereocenters. The minimum absolute atomic E-state index is 0.0423. The molecule has 5 aromatic rings. The van der Waals surface area contributed by atoms with Gasteiger partial charge in [0.2, 0.25) is 5.82 Å². The van der Waals surface area contributed by atoms with E-state index in [0.717, 1.165) is 28.0 Å². The Balaban J connectivity index is 1.49. The quantitative estimate of drug-likeness (QED) is 0.392. The molecule has 2 aromatic carbocycles. The van der Waals surface area contributed by atoms with Crippen LogP contribution in [0.1, 0.15) is 16.7 Å². The average Bonchev–Trinajstić information content (AvgIpc) is 3.39. The van der Waals surface area contributed by atoms with Gasteiger partial charge in [0.15, 0.2) is 0 Å². The normalized spacial score (nSPS) is 11.3. The molecule has 0 aliphatic heterocycles. The number of rotatable bonds is 5. The number of thiophene rings is 1. The zero-order valence-electron chi connectivity index (χ0n) is 17.2. The van der Waals surface area contributed by atoms with Crippen LogP contribution < -0.4 is 5.56 Å². The summed E-state index contributed by atoms with van der Waals surface area (Å²) in [6.45, 7) is 4.51. The van der Waals surface area contributed by atoms with Gasteiger partial charge in [-0.25, -0.2) is 4.98 Å². The second-order valence-electron chi connectivity index (χ2n) is 7.51. The van der Waals surface area contributed by atoms with Crippen molar-refractivity contribution in [2.24, 2.45) is 0 Å². The molecule has 31 heavy (non-hydrogen) atoms. The highest BCUT2D eigenvalue weighted by Crippen LogP contribution is 2.35. The Labute approximate surface area is 182 Å². The molecule has 6 nitrogen and oxygen atoms in total. The van der Waals surface area contributed by atoms with E-state index < -0.39 is 0 Å². The summed E-state index contributed by atoms with van der Waals surface area (Å²) in [5.74, 6) is 0.941. The first-order valence-electron chi connectivity index (χ1n) is 10.0. The molecule has 0 bridgehead atoms. The Morgan fingerprint density at radius 3 is 2.71 bits per heavy atom. The predicted octanol–water partition coefficient (Wildman–Crippen LogP) is 5.03. The smallest absolute Gasteiger partial charge is 0.268 e. The van der Waals surface area contributed by atoms with Crippen molar-refractivity contribution in [1.29, 1.82) is 0 Å². The van der Waals surface area contributed by atoms with Crippen molar-refractivity contribution < 1.29 is 4.52 Å². The minimum Gasteiger partial charge on any atom is -0.333 e. The first-order valence-corrected chi connectivity index (χ1v) is 10.9. The lowest BCUT2D eigenvalue weighted by molar-refractivity contribution is 0.433. The van der Waals surface area contributed by atoms with Crippen LogP contribution in [0.5, 0.6) is 0 Å². The fourth-order valence-electron chi connectivity index (χ4n) is 3.63. The van der Waals surface area contributed by atoms with Crippen molar-refractivity contribution in [2.45, 2.75) is 26.8 Å². The van der Waals surface area contributed by atoms with E-state index in [4.69, 9.17) is 4.52 Å². The molecule has 0 saturated heterocycles. The number of aryl methyl sites for hydroxylation is 4. The summed E-state index contributed by atoms with van der Waals surface area (Å²) < 4.78 is 7.21. The Morgan fingerprint density at radius 2 is 1.90 bits per heavy atom. The summed E-state index contributed by atoms with van der Waals surface area (Å²) in [6, 6.07) is 18.1. The largest absolute Gasteiger partial charge is 0.333 e. The van der Waals surface area contributed by atoms with E-state index in [-0.39, 0.29) is 5.56 Å². The van der Waals surface area contributed by atoms with Gasteiger partial charge in [0.25, 0.3) is 11.4 Å². The Bertz CT molecular complexity index is 1430. The summed E-state index contributed by atoms with van der Waals surface area (Å²) in [7, 11) is 0. The third-order valence-electron chi connectivity index (χ3n) is 5.30. The number of nitrogens with zero attached hydrogens (tertiary/aromatic N) is 4. The highest BCUT2D eigenvalue weighted by molar-refractivity contribution is 7.22. The number of aromatic nitrogens is 4. The van der Waals surface area contributed by atoms with Crippen molar-refractivity contribution >= 4 is 21.6 Å². The summed E-state index contributed by atoms with van der Waals surface area (Å²) in [5, 5.41) is 4.75. The molecule has 0 amide bonds. The van der Waals surface area contributed by atoms with Gasteiger partial charge < -0.3 is 4.52 Å². The maximum Gasteiger partial charge on any atom is 0.268 e. The average molecular weight is 429 g/mol. The van der Waals surface area contributed by atoms with E-state index in [1.54, 1.807) is 10.9 Å². The predicted molar refractivity (Wildman–Crippen MR) is 122 cm³/mol. The van der Waals surface area contributed by atoms with Crippen LogP contribution in [-0.4, -0.2) is 19.7 Å². The fraction of sp³-hybridized carbons (Fsp3) is 0.167. The van der Waals surface area contributed by atoms with Crippen LogP contribution in [-0.2, 0) is 13.0 Å². The molecule has 5 rings (SSSR count). The van der Waals surface area contributed by atoms with Crippen molar-refractivity contribution in [3.63, 3.8) is 0 Å². The Morgan fingerprint density at radius 1 is 1.06 bits per heavy atom. The number of hydrogen-bond acceptors (Lipinski definition) is 6. The summed E-state index contributed by atoms with van der Waals surface area (Å²) >= 11 is 1.41. The summed E-state index contributed by atoms with van der Waals surface area (Å²) in [5.41, 5.74) is 3.99. The number of hydrogen-bond donors (Lipinski definition) is 0. The second-order valence-corrected chi connectivity index (χ2v) is 8.51. The Kier molecular flexibility index (Phi) is 4.95. The standard InChI is InChI=1S/C24H20N4O2S/c1-15-7-6-10-18(13-15)21-26-22(30-27-21)20-16(2)19-23(31-20)25-14-28(24(19)29)12-11-17-8-4-3-5-9-17/h3-10,13-14H,11-12H2,1-2H3. The Hall–Kier alpha value is -3.58. The van der Waals surface area contributed by atoms with Crippen molar-refractivity contribution in [2.75, 3.05) is 0 Å². The van der Waals surface area contributed by atoms with Crippen molar-refractivity contribution in [3.05, 3.63) is 88.0 Å². The van der Waals surface area contributed by atoms with Gasteiger partial charge in [-0.05, 0) is 37.5 Å². The van der Waals surface area contributed by atoms with E-state index in [0.29, 0.717) is 28.5 Å². The molecule has 154 valence electrons. The van der Waals surface area contributed by atoms with Gasteiger partial charge in [-0.3, -0.25) is 9.36 Å². The van der Waals surface area contributed by atoms with Crippen LogP contribution in [0.2, 0.25) is 0 Å². The molecule has 0 aliphatic rings. The highest BCUT2D eigenvalue weighted by atomic mass is 32.1. The maximum absolute atomic E-state index is 13.1. The molecular weight excluding hydrogens is 408 g/mol. The molecule has 0 fully saturated rings. The molecule has 3 aromatic heterocycles. The topological polar surface area (TPSA) is 73.8 Å². The van der Waals surface area contributed by atoms with Gasteiger partial charge in [0.1, 0.15) is 4.83 Å². The van der Waals surface area contributed by atoms with E-state index in [9.17, 15) is 4.79 Å². The first kappa shape index (κ1) is 19.4. The zero-order valence-corrected chi connectivity index (χ0v) is 18.0. The lowest BCUT2D eigenvalue weighted by atomic mass is 10.1. The van der Waals surface area contributed by atoms with Gasteiger partial charge in [0.05, 0.1) is 16.6 Å². The second kappa shape index (κ2) is 7.92. The maximum atomic E-state index is 13.1. The van der Waals surface area contributed by atoms with Crippen LogP contribution >= 0.6 is 11.3 Å². The minimum atomic E-state index is -0.0423. The third-order valence-corrected chi connectivity index (χ3v) is 6.49. The molecule has 0 N–H and O–H groups in total. The monoisotopic (exact) mass is 428 g/mol. The van der Waals surface area contributed by atoms with E-state index in [1.165, 1.54) is 16.9 Å². The van der Waals surface area contributed by atoms with Crippen LogP contribution in [0.25, 0.3) is 32.4 Å². The molecular formula is C24H20N4O2S. The lowest BCUT2D eigenvalue weighted by Crippen LogP contribution is -2.21. The molecule has 0 radical (unpaired) electrons. The SMILES string of the molecule is Cc1cccc(-c2noc(-c3sc4ncn(CCc5ccccc5)c(=O)c4c3C)n2)c1.